The molecule has 0 spiro atoms. The Hall–Kier alpha value is -2.57. The maximum Gasteiger partial charge on any atom is 0.255 e. The van der Waals surface area contributed by atoms with E-state index in [-0.39, 0.29) is 12.5 Å². The van der Waals surface area contributed by atoms with E-state index in [1.807, 2.05) is 44.2 Å². The molecule has 0 aliphatic carbocycles. The number of carbonyl (C=O) groups is 1. The van der Waals surface area contributed by atoms with Crippen molar-refractivity contribution in [1.82, 2.24) is 0 Å². The first-order valence-corrected chi connectivity index (χ1v) is 6.68. The first-order valence-electron chi connectivity index (χ1n) is 6.68. The molecule has 3 heteroatoms. The van der Waals surface area contributed by atoms with Crippen molar-refractivity contribution >= 4 is 11.6 Å². The highest BCUT2D eigenvalue weighted by Gasteiger charge is 2.09. The fourth-order valence-corrected chi connectivity index (χ4v) is 2.14. The predicted octanol–water partition coefficient (Wildman–Crippen LogP) is 2.90. The number of nitrogens with one attached hydrogen (secondary N) is 1. The topological polar surface area (TPSA) is 49.3 Å². The van der Waals surface area contributed by atoms with Gasteiger partial charge in [0.25, 0.3) is 5.91 Å². The minimum Gasteiger partial charge on any atom is -0.384 e. The number of aliphatic hydroxyl groups excluding tert-OH is 1. The average Bonchev–Trinajstić information content (AvgIpc) is 2.45. The van der Waals surface area contributed by atoms with Gasteiger partial charge in [0.1, 0.15) is 6.61 Å². The molecule has 0 aromatic heterocycles. The molecule has 1 amide bonds. The van der Waals surface area contributed by atoms with Gasteiger partial charge in [0.05, 0.1) is 5.69 Å². The van der Waals surface area contributed by atoms with Crippen LogP contribution in [-0.2, 0) is 0 Å². The Morgan fingerprint density at radius 3 is 2.48 bits per heavy atom. The number of rotatable bonds is 2. The number of carbonyl (C=O) groups excluding carboxylic acids is 1. The summed E-state index contributed by atoms with van der Waals surface area (Å²) in [5.41, 5.74) is 4.05. The lowest BCUT2D eigenvalue weighted by Gasteiger charge is -2.09. The molecule has 0 fully saturated rings. The van der Waals surface area contributed by atoms with Crippen molar-refractivity contribution < 1.29 is 9.90 Å². The van der Waals surface area contributed by atoms with E-state index in [0.29, 0.717) is 16.8 Å². The van der Waals surface area contributed by atoms with Crippen LogP contribution in [-0.4, -0.2) is 17.6 Å². The van der Waals surface area contributed by atoms with E-state index in [1.54, 1.807) is 12.1 Å². The monoisotopic (exact) mass is 279 g/mol. The summed E-state index contributed by atoms with van der Waals surface area (Å²) >= 11 is 0. The van der Waals surface area contributed by atoms with Gasteiger partial charge in [-0.25, -0.2) is 0 Å². The molecular weight excluding hydrogens is 262 g/mol. The quantitative estimate of drug-likeness (QED) is 0.830. The number of hydrogen-bond acceptors (Lipinski definition) is 2. The molecule has 0 unspecified atom stereocenters. The second-order valence-corrected chi connectivity index (χ2v) is 4.84. The van der Waals surface area contributed by atoms with E-state index in [0.717, 1.165) is 11.1 Å². The molecular formula is C18H17NO2. The molecule has 2 rings (SSSR count). The molecule has 2 N–H and O–H groups in total. The van der Waals surface area contributed by atoms with Crippen molar-refractivity contribution in [2.45, 2.75) is 13.8 Å². The van der Waals surface area contributed by atoms with Crippen LogP contribution in [0.3, 0.4) is 0 Å². The molecule has 0 saturated carbocycles. The molecule has 0 aliphatic heterocycles. The predicted molar refractivity (Wildman–Crippen MR) is 84.3 cm³/mol. The van der Waals surface area contributed by atoms with E-state index in [4.69, 9.17) is 5.11 Å². The molecule has 0 atom stereocenters. The maximum absolute atomic E-state index is 12.3. The molecule has 2 aromatic carbocycles. The van der Waals surface area contributed by atoms with Gasteiger partial charge in [0, 0.05) is 11.1 Å². The second-order valence-electron chi connectivity index (χ2n) is 4.84. The Balaban J connectivity index is 2.27. The van der Waals surface area contributed by atoms with E-state index in [1.165, 1.54) is 0 Å². The van der Waals surface area contributed by atoms with Gasteiger partial charge in [-0.05, 0) is 38.1 Å². The minimum absolute atomic E-state index is 0.167. The molecule has 2 aromatic rings. The smallest absolute Gasteiger partial charge is 0.255 e. The summed E-state index contributed by atoms with van der Waals surface area (Å²) in [4.78, 5) is 12.3. The summed E-state index contributed by atoms with van der Waals surface area (Å²) in [7, 11) is 0. The van der Waals surface area contributed by atoms with Crippen LogP contribution in [0.25, 0.3) is 0 Å². The van der Waals surface area contributed by atoms with Crippen molar-refractivity contribution in [3.63, 3.8) is 0 Å². The summed E-state index contributed by atoms with van der Waals surface area (Å²) in [6.45, 7) is 3.72. The van der Waals surface area contributed by atoms with Crippen molar-refractivity contribution in [3.8, 4) is 11.8 Å². The lowest BCUT2D eigenvalue weighted by atomic mass is 10.1. The summed E-state index contributed by atoms with van der Waals surface area (Å²) in [6.07, 6.45) is 0. The number of amides is 1. The summed E-state index contributed by atoms with van der Waals surface area (Å²) < 4.78 is 0. The molecule has 3 nitrogen and oxygen atoms in total. The summed E-state index contributed by atoms with van der Waals surface area (Å²) in [5, 5.41) is 11.6. The fourth-order valence-electron chi connectivity index (χ4n) is 2.14. The van der Waals surface area contributed by atoms with E-state index in [2.05, 4.69) is 17.2 Å². The minimum atomic E-state index is -0.209. The van der Waals surface area contributed by atoms with Gasteiger partial charge < -0.3 is 10.4 Å². The van der Waals surface area contributed by atoms with Crippen LogP contribution in [0.4, 0.5) is 5.69 Å². The number of benzene rings is 2. The van der Waals surface area contributed by atoms with Gasteiger partial charge in [-0.3, -0.25) is 4.79 Å². The Morgan fingerprint density at radius 1 is 1.14 bits per heavy atom. The lowest BCUT2D eigenvalue weighted by Crippen LogP contribution is -2.13. The van der Waals surface area contributed by atoms with E-state index in [9.17, 15) is 4.79 Å². The molecule has 0 bridgehead atoms. The lowest BCUT2D eigenvalue weighted by molar-refractivity contribution is 0.102. The van der Waals surface area contributed by atoms with Gasteiger partial charge in [-0.2, -0.15) is 0 Å². The van der Waals surface area contributed by atoms with Crippen LogP contribution in [0.15, 0.2) is 42.5 Å². The molecule has 0 aliphatic rings. The molecule has 0 heterocycles. The zero-order valence-corrected chi connectivity index (χ0v) is 12.1. The third-order valence-electron chi connectivity index (χ3n) is 2.96. The first kappa shape index (κ1) is 14.8. The normalized spacial score (nSPS) is 9.67. The zero-order valence-electron chi connectivity index (χ0n) is 12.1. The number of aryl methyl sites for hydroxylation is 2. The first-order chi connectivity index (χ1) is 10.1. The molecule has 21 heavy (non-hydrogen) atoms. The van der Waals surface area contributed by atoms with E-state index >= 15 is 0 Å². The van der Waals surface area contributed by atoms with Crippen molar-refractivity contribution in [2.24, 2.45) is 0 Å². The van der Waals surface area contributed by atoms with Gasteiger partial charge in [0.15, 0.2) is 0 Å². The van der Waals surface area contributed by atoms with Crippen LogP contribution in [0.1, 0.15) is 27.0 Å². The van der Waals surface area contributed by atoms with Crippen LogP contribution in [0.5, 0.6) is 0 Å². The van der Waals surface area contributed by atoms with E-state index < -0.39 is 0 Å². The number of hydrogen-bond donors (Lipinski definition) is 2. The van der Waals surface area contributed by atoms with Crippen LogP contribution >= 0.6 is 0 Å². The third kappa shape index (κ3) is 3.95. The SMILES string of the molecule is Cc1cc(C)cc(C(=O)Nc2ccccc2C#CCO)c1. The van der Waals surface area contributed by atoms with Gasteiger partial charge in [0.2, 0.25) is 0 Å². The number of anilines is 1. The standard InChI is InChI=1S/C18H17NO2/c1-13-10-14(2)12-16(11-13)18(21)19-17-8-4-3-6-15(17)7-5-9-20/h3-4,6,8,10-12,20H,9H2,1-2H3,(H,19,21). The van der Waals surface area contributed by atoms with Crippen molar-refractivity contribution in [1.29, 1.82) is 0 Å². The zero-order chi connectivity index (χ0) is 15.2. The Kier molecular flexibility index (Phi) is 4.76. The highest BCUT2D eigenvalue weighted by molar-refractivity contribution is 6.05. The Bertz CT molecular complexity index is 703. The molecule has 106 valence electrons. The van der Waals surface area contributed by atoms with Crippen LogP contribution < -0.4 is 5.32 Å². The number of aliphatic hydroxyl groups is 1. The van der Waals surface area contributed by atoms with Crippen LogP contribution in [0, 0.1) is 25.7 Å². The molecule has 0 radical (unpaired) electrons. The van der Waals surface area contributed by atoms with Crippen LogP contribution in [0.2, 0.25) is 0 Å². The Morgan fingerprint density at radius 2 is 1.81 bits per heavy atom. The van der Waals surface area contributed by atoms with Crippen molar-refractivity contribution in [3.05, 3.63) is 64.7 Å². The van der Waals surface area contributed by atoms with Gasteiger partial charge >= 0.3 is 0 Å². The second kappa shape index (κ2) is 6.74. The highest BCUT2D eigenvalue weighted by atomic mass is 16.2. The maximum atomic E-state index is 12.3. The largest absolute Gasteiger partial charge is 0.384 e. The van der Waals surface area contributed by atoms with Gasteiger partial charge in [-0.15, -0.1) is 0 Å². The Labute approximate surface area is 124 Å². The fraction of sp³-hybridized carbons (Fsp3) is 0.167. The molecule has 0 saturated heterocycles. The third-order valence-corrected chi connectivity index (χ3v) is 2.96. The number of para-hydroxylation sites is 1. The highest BCUT2D eigenvalue weighted by Crippen LogP contribution is 2.16. The summed E-state index contributed by atoms with van der Waals surface area (Å²) in [6, 6.07) is 13.0. The summed E-state index contributed by atoms with van der Waals surface area (Å²) in [5.74, 6) is 5.25. The van der Waals surface area contributed by atoms with Crippen molar-refractivity contribution in [2.75, 3.05) is 11.9 Å². The van der Waals surface area contributed by atoms with Gasteiger partial charge in [-0.1, -0.05) is 41.2 Å². The average molecular weight is 279 g/mol.